The van der Waals surface area contributed by atoms with Crippen LogP contribution in [-0.2, 0) is 6.54 Å². The van der Waals surface area contributed by atoms with Crippen LogP contribution in [0.4, 0.5) is 19.0 Å². The number of hydrogen-bond donors (Lipinski definition) is 2. The molecule has 0 unspecified atom stereocenters. The number of alkyl halides is 3. The van der Waals surface area contributed by atoms with Crippen LogP contribution in [0.15, 0.2) is 6.07 Å². The Morgan fingerprint density at radius 1 is 1.50 bits per heavy atom. The van der Waals surface area contributed by atoms with E-state index in [4.69, 9.17) is 16.7 Å². The summed E-state index contributed by atoms with van der Waals surface area (Å²) in [6, 6.07) is 2.64. The Kier molecular flexibility index (Phi) is 3.20. The lowest BCUT2D eigenvalue weighted by Crippen LogP contribution is -2.19. The first-order valence-corrected chi connectivity index (χ1v) is 4.02. The maximum Gasteiger partial charge on any atom is 0.574 e. The van der Waals surface area contributed by atoms with E-state index in [0.29, 0.717) is 0 Å². The molecule has 16 heavy (non-hydrogen) atoms. The molecule has 1 heterocycles. The predicted octanol–water partition coefficient (Wildman–Crippen LogP) is 0.893. The third-order valence-corrected chi connectivity index (χ3v) is 1.65. The second-order valence-corrected chi connectivity index (χ2v) is 2.75. The van der Waals surface area contributed by atoms with Gasteiger partial charge in [0.2, 0.25) is 5.88 Å². The highest BCUT2D eigenvalue weighted by Gasteiger charge is 2.33. The van der Waals surface area contributed by atoms with Gasteiger partial charge in [0.25, 0.3) is 0 Å². The minimum Gasteiger partial charge on any atom is -0.386 e. The summed E-state index contributed by atoms with van der Waals surface area (Å²) < 4.78 is 39.4. The molecule has 0 aliphatic carbocycles. The highest BCUT2D eigenvalue weighted by Crippen LogP contribution is 2.26. The zero-order valence-corrected chi connectivity index (χ0v) is 7.88. The summed E-state index contributed by atoms with van der Waals surface area (Å²) in [6.07, 6.45) is -4.92. The molecule has 5 nitrogen and oxygen atoms in total. The van der Waals surface area contributed by atoms with Crippen molar-refractivity contribution in [3.8, 4) is 11.9 Å². The van der Waals surface area contributed by atoms with Crippen molar-refractivity contribution in [2.75, 3.05) is 5.73 Å². The summed E-state index contributed by atoms with van der Waals surface area (Å²) in [6.45, 7) is -0.0280. The molecule has 1 rings (SSSR count). The number of pyridine rings is 1. The number of nitrogens with two attached hydrogens (primary N) is 2. The molecule has 1 aromatic rings. The van der Waals surface area contributed by atoms with Crippen LogP contribution in [0.3, 0.4) is 0 Å². The monoisotopic (exact) mass is 232 g/mol. The van der Waals surface area contributed by atoms with Gasteiger partial charge in [0.05, 0.1) is 0 Å². The van der Waals surface area contributed by atoms with Crippen LogP contribution in [-0.4, -0.2) is 11.3 Å². The van der Waals surface area contributed by atoms with E-state index in [9.17, 15) is 13.2 Å². The fraction of sp³-hybridized carbons (Fsp3) is 0.250. The number of nitrogen functional groups attached to an aromatic ring is 1. The Balaban J connectivity index is 3.20. The molecule has 0 fully saturated rings. The summed E-state index contributed by atoms with van der Waals surface area (Å²) >= 11 is 0. The van der Waals surface area contributed by atoms with Gasteiger partial charge in [-0.25, -0.2) is 0 Å². The molecule has 0 saturated carbocycles. The number of anilines is 1. The molecule has 0 aliphatic rings. The van der Waals surface area contributed by atoms with E-state index in [2.05, 4.69) is 9.72 Å². The molecule has 0 spiro atoms. The quantitative estimate of drug-likeness (QED) is 0.789. The van der Waals surface area contributed by atoms with Crippen LogP contribution in [0, 0.1) is 11.3 Å². The number of nitrogens with zero attached hydrogens (tertiary/aromatic N) is 2. The molecule has 0 amide bonds. The van der Waals surface area contributed by atoms with Crippen LogP contribution in [0.5, 0.6) is 5.88 Å². The molecule has 86 valence electrons. The Morgan fingerprint density at radius 2 is 2.12 bits per heavy atom. The normalized spacial score (nSPS) is 10.9. The topological polar surface area (TPSA) is 98.0 Å². The Bertz CT molecular complexity index is 438. The van der Waals surface area contributed by atoms with Crippen molar-refractivity contribution in [2.24, 2.45) is 5.73 Å². The van der Waals surface area contributed by atoms with E-state index in [-0.39, 0.29) is 23.5 Å². The average molecular weight is 232 g/mol. The Labute approximate surface area is 88.4 Å². The van der Waals surface area contributed by atoms with Crippen LogP contribution in [0.25, 0.3) is 0 Å². The number of ether oxygens (including phenoxy) is 1. The van der Waals surface area contributed by atoms with Gasteiger partial charge < -0.3 is 16.2 Å². The van der Waals surface area contributed by atoms with Crippen molar-refractivity contribution < 1.29 is 17.9 Å². The maximum absolute atomic E-state index is 11.9. The van der Waals surface area contributed by atoms with Crippen LogP contribution in [0.1, 0.15) is 11.1 Å². The van der Waals surface area contributed by atoms with E-state index in [1.165, 1.54) is 6.07 Å². The van der Waals surface area contributed by atoms with Crippen LogP contribution < -0.4 is 16.2 Å². The highest BCUT2D eigenvalue weighted by molar-refractivity contribution is 5.50. The summed E-state index contributed by atoms with van der Waals surface area (Å²) in [4.78, 5) is 3.33. The zero-order chi connectivity index (χ0) is 12.3. The van der Waals surface area contributed by atoms with Crippen molar-refractivity contribution >= 4 is 5.82 Å². The largest absolute Gasteiger partial charge is 0.574 e. The van der Waals surface area contributed by atoms with Crippen molar-refractivity contribution in [2.45, 2.75) is 12.9 Å². The highest BCUT2D eigenvalue weighted by atomic mass is 19.4. The van der Waals surface area contributed by atoms with Gasteiger partial charge in [-0.3, -0.25) is 0 Å². The second-order valence-electron chi connectivity index (χ2n) is 2.75. The maximum atomic E-state index is 11.9. The standard InChI is InChI=1S/C8H7F3N4O/c9-8(10,11)16-7-5(3-13)1-4(2-12)6(14)15-7/h1H,2,12H2,(H2,14,15). The first-order chi connectivity index (χ1) is 7.37. The zero-order valence-electron chi connectivity index (χ0n) is 7.88. The van der Waals surface area contributed by atoms with E-state index >= 15 is 0 Å². The second kappa shape index (κ2) is 4.24. The predicted molar refractivity (Wildman–Crippen MR) is 47.9 cm³/mol. The summed E-state index contributed by atoms with van der Waals surface area (Å²) in [5.74, 6) is -1.06. The molecule has 8 heteroatoms. The van der Waals surface area contributed by atoms with Crippen molar-refractivity contribution in [1.82, 2.24) is 4.98 Å². The Morgan fingerprint density at radius 3 is 2.56 bits per heavy atom. The number of rotatable bonds is 2. The van der Waals surface area contributed by atoms with Crippen molar-refractivity contribution in [3.63, 3.8) is 0 Å². The summed E-state index contributed by atoms with van der Waals surface area (Å²) in [7, 11) is 0. The molecular weight excluding hydrogens is 225 g/mol. The number of nitriles is 1. The molecule has 0 saturated heterocycles. The van der Waals surface area contributed by atoms with Gasteiger partial charge in [-0.15, -0.1) is 13.2 Å². The lowest BCUT2D eigenvalue weighted by Gasteiger charge is -2.11. The van der Waals surface area contributed by atoms with E-state index < -0.39 is 12.2 Å². The number of aromatic nitrogens is 1. The molecule has 0 radical (unpaired) electrons. The number of hydrogen-bond acceptors (Lipinski definition) is 5. The van der Waals surface area contributed by atoms with E-state index in [1.807, 2.05) is 0 Å². The van der Waals surface area contributed by atoms with Gasteiger partial charge in [-0.2, -0.15) is 10.2 Å². The summed E-state index contributed by atoms with van der Waals surface area (Å²) in [5, 5.41) is 8.61. The van der Waals surface area contributed by atoms with Gasteiger partial charge in [0, 0.05) is 12.1 Å². The Hall–Kier alpha value is -2.01. The average Bonchev–Trinajstić information content (AvgIpc) is 2.16. The smallest absolute Gasteiger partial charge is 0.386 e. The van der Waals surface area contributed by atoms with Crippen molar-refractivity contribution in [1.29, 1.82) is 5.26 Å². The van der Waals surface area contributed by atoms with Gasteiger partial charge in [-0.1, -0.05) is 0 Å². The first-order valence-electron chi connectivity index (χ1n) is 4.02. The van der Waals surface area contributed by atoms with Gasteiger partial charge >= 0.3 is 6.36 Å². The molecule has 0 aromatic carbocycles. The third kappa shape index (κ3) is 2.74. The van der Waals surface area contributed by atoms with Crippen LogP contribution in [0.2, 0.25) is 0 Å². The van der Waals surface area contributed by atoms with Crippen molar-refractivity contribution in [3.05, 3.63) is 17.2 Å². The fourth-order valence-corrected chi connectivity index (χ4v) is 0.982. The van der Waals surface area contributed by atoms with E-state index in [0.717, 1.165) is 6.07 Å². The number of halogens is 3. The minimum absolute atomic E-state index is 0.0280. The molecule has 0 atom stereocenters. The molecule has 0 aliphatic heterocycles. The summed E-state index contributed by atoms with van der Waals surface area (Å²) in [5.41, 5.74) is 10.5. The third-order valence-electron chi connectivity index (χ3n) is 1.65. The first kappa shape index (κ1) is 12.1. The SMILES string of the molecule is N#Cc1cc(CN)c(N)nc1OC(F)(F)F. The fourth-order valence-electron chi connectivity index (χ4n) is 0.982. The minimum atomic E-state index is -4.92. The molecule has 1 aromatic heterocycles. The lowest BCUT2D eigenvalue weighted by molar-refractivity contribution is -0.276. The molecule has 4 N–H and O–H groups in total. The lowest BCUT2D eigenvalue weighted by atomic mass is 10.2. The van der Waals surface area contributed by atoms with Crippen LogP contribution >= 0.6 is 0 Å². The molecular formula is C8H7F3N4O. The molecule has 0 bridgehead atoms. The van der Waals surface area contributed by atoms with Gasteiger partial charge in [0.15, 0.2) is 0 Å². The van der Waals surface area contributed by atoms with E-state index in [1.54, 1.807) is 0 Å². The van der Waals surface area contributed by atoms with Gasteiger partial charge in [0.1, 0.15) is 17.5 Å². The van der Waals surface area contributed by atoms with Gasteiger partial charge in [-0.05, 0) is 6.07 Å².